The number of piperazine rings is 1. The second kappa shape index (κ2) is 13.1. The molecule has 0 unspecified atom stereocenters. The highest BCUT2D eigenvalue weighted by atomic mass is 35.5. The van der Waals surface area contributed by atoms with Gasteiger partial charge in [-0.1, -0.05) is 23.7 Å². The van der Waals surface area contributed by atoms with Crippen LogP contribution in [0, 0.1) is 5.82 Å². The Labute approximate surface area is 249 Å². The molecule has 42 heavy (non-hydrogen) atoms. The maximum absolute atomic E-state index is 14.0. The predicted octanol–water partition coefficient (Wildman–Crippen LogP) is 5.65. The lowest BCUT2D eigenvalue weighted by Gasteiger charge is -2.32. The summed E-state index contributed by atoms with van der Waals surface area (Å²) in [6.45, 7) is 5.83. The highest BCUT2D eigenvalue weighted by Gasteiger charge is 2.20. The Hall–Kier alpha value is -3.64. The van der Waals surface area contributed by atoms with Crippen molar-refractivity contribution in [3.63, 3.8) is 0 Å². The number of likely N-dealkylation sites (N-methyl/N-ethyl adjacent to an activating group) is 1. The fourth-order valence-corrected chi connectivity index (χ4v) is 6.02. The minimum atomic E-state index is -4.15. The zero-order chi connectivity index (χ0) is 29.7. The first-order valence-corrected chi connectivity index (χ1v) is 15.3. The van der Waals surface area contributed by atoms with Gasteiger partial charge in [0.15, 0.2) is 11.5 Å². The van der Waals surface area contributed by atoms with E-state index in [1.807, 2.05) is 6.07 Å². The molecule has 1 saturated heterocycles. The molecule has 1 fully saturated rings. The third-order valence-electron chi connectivity index (χ3n) is 6.99. The van der Waals surface area contributed by atoms with Gasteiger partial charge in [-0.25, -0.2) is 12.8 Å². The van der Waals surface area contributed by atoms with E-state index in [2.05, 4.69) is 26.6 Å². The number of ether oxygens (including phenoxy) is 3. The summed E-state index contributed by atoms with van der Waals surface area (Å²) in [4.78, 5) is 8.79. The van der Waals surface area contributed by atoms with Crippen LogP contribution in [0.15, 0.2) is 71.8 Å². The van der Waals surface area contributed by atoms with Crippen molar-refractivity contribution in [2.45, 2.75) is 11.3 Å². The van der Waals surface area contributed by atoms with E-state index >= 15 is 0 Å². The monoisotopic (exact) mass is 614 g/mol. The van der Waals surface area contributed by atoms with Crippen LogP contribution in [0.4, 0.5) is 10.1 Å². The minimum absolute atomic E-state index is 0.154. The molecule has 0 amide bonds. The van der Waals surface area contributed by atoms with Crippen LogP contribution in [0.1, 0.15) is 6.42 Å². The fraction of sp³-hybridized carbons (Fsp3) is 0.300. The van der Waals surface area contributed by atoms with E-state index in [4.69, 9.17) is 25.8 Å². The Balaban J connectivity index is 1.28. The Morgan fingerprint density at radius 2 is 1.76 bits per heavy atom. The van der Waals surface area contributed by atoms with Crippen LogP contribution in [0.3, 0.4) is 0 Å². The van der Waals surface area contributed by atoms with Gasteiger partial charge in [-0.15, -0.1) is 0 Å². The molecule has 5 rings (SSSR count). The maximum atomic E-state index is 14.0. The second-order valence-corrected chi connectivity index (χ2v) is 12.0. The first kappa shape index (κ1) is 29.8. The van der Waals surface area contributed by atoms with E-state index in [1.54, 1.807) is 25.4 Å². The molecular formula is C30H32ClFN4O5S. The molecule has 1 aliphatic heterocycles. The van der Waals surface area contributed by atoms with E-state index in [1.165, 1.54) is 36.4 Å². The van der Waals surface area contributed by atoms with E-state index in [0.29, 0.717) is 40.5 Å². The molecule has 12 heteroatoms. The van der Waals surface area contributed by atoms with Gasteiger partial charge in [0, 0.05) is 50.4 Å². The summed E-state index contributed by atoms with van der Waals surface area (Å²) in [5, 5.41) is 0.834. The van der Waals surface area contributed by atoms with Gasteiger partial charge in [0.05, 0.1) is 29.9 Å². The van der Waals surface area contributed by atoms with Gasteiger partial charge in [-0.3, -0.25) is 9.71 Å². The molecule has 0 spiro atoms. The van der Waals surface area contributed by atoms with Crippen molar-refractivity contribution in [3.8, 4) is 23.0 Å². The first-order valence-electron chi connectivity index (χ1n) is 13.5. The summed E-state index contributed by atoms with van der Waals surface area (Å²) in [5.41, 5.74) is 0.805. The molecule has 222 valence electrons. The zero-order valence-corrected chi connectivity index (χ0v) is 24.9. The molecule has 4 aromatic rings. The molecule has 2 heterocycles. The van der Waals surface area contributed by atoms with Crippen molar-refractivity contribution in [2.24, 2.45) is 0 Å². The van der Waals surface area contributed by atoms with E-state index in [-0.39, 0.29) is 10.7 Å². The normalized spacial score (nSPS) is 14.6. The summed E-state index contributed by atoms with van der Waals surface area (Å²) in [6, 6.07) is 14.9. The van der Waals surface area contributed by atoms with Crippen LogP contribution in [0.25, 0.3) is 10.9 Å². The standard InChI is InChI=1S/C30H32ClFN4O5S/c1-35-13-15-36(16-14-35)12-5-17-40-29-20-25-22(19-28(29)39-2)26(10-11-33-25)41-27-9-8-21(18-23(27)31)34-42(37,38)30-7-4-3-6-24(30)32/h3-4,6-11,18-20,34H,5,12-17H2,1-2H3. The van der Waals surface area contributed by atoms with E-state index < -0.39 is 20.7 Å². The lowest BCUT2D eigenvalue weighted by Crippen LogP contribution is -2.44. The number of methoxy groups -OCH3 is 1. The van der Waals surface area contributed by atoms with Gasteiger partial charge in [0.1, 0.15) is 22.2 Å². The molecule has 0 atom stereocenters. The van der Waals surface area contributed by atoms with Crippen LogP contribution in [-0.4, -0.2) is 76.7 Å². The maximum Gasteiger partial charge on any atom is 0.264 e. The molecule has 0 aliphatic carbocycles. The molecule has 0 bridgehead atoms. The zero-order valence-electron chi connectivity index (χ0n) is 23.3. The van der Waals surface area contributed by atoms with Crippen molar-refractivity contribution in [1.29, 1.82) is 0 Å². The predicted molar refractivity (Wildman–Crippen MR) is 161 cm³/mol. The fourth-order valence-electron chi connectivity index (χ4n) is 4.67. The smallest absolute Gasteiger partial charge is 0.264 e. The molecule has 9 nitrogen and oxygen atoms in total. The van der Waals surface area contributed by atoms with E-state index in [0.717, 1.165) is 45.2 Å². The Morgan fingerprint density at radius 1 is 0.976 bits per heavy atom. The topological polar surface area (TPSA) is 93.2 Å². The summed E-state index contributed by atoms with van der Waals surface area (Å²) >= 11 is 6.45. The number of benzene rings is 3. The van der Waals surface area contributed by atoms with Gasteiger partial charge >= 0.3 is 0 Å². The third-order valence-corrected chi connectivity index (χ3v) is 8.70. The number of halogens is 2. The second-order valence-electron chi connectivity index (χ2n) is 9.96. The molecule has 0 radical (unpaired) electrons. The molecule has 1 N–H and O–H groups in total. The Bertz CT molecular complexity index is 1670. The molecule has 3 aromatic carbocycles. The largest absolute Gasteiger partial charge is 0.493 e. The quantitative estimate of drug-likeness (QED) is 0.217. The Kier molecular flexibility index (Phi) is 9.32. The number of sulfonamides is 1. The number of rotatable bonds is 11. The number of aromatic nitrogens is 1. The number of hydrogen-bond acceptors (Lipinski definition) is 8. The average Bonchev–Trinajstić information content (AvgIpc) is 2.97. The SMILES string of the molecule is COc1cc2c(Oc3ccc(NS(=O)(=O)c4ccccc4F)cc3Cl)ccnc2cc1OCCCN1CCN(C)CC1. The van der Waals surface area contributed by atoms with Gasteiger partial charge in [-0.2, -0.15) is 0 Å². The van der Waals surface area contributed by atoms with Crippen molar-refractivity contribution in [1.82, 2.24) is 14.8 Å². The molecular weight excluding hydrogens is 583 g/mol. The van der Waals surface area contributed by atoms with Crippen molar-refractivity contribution >= 4 is 38.2 Å². The van der Waals surface area contributed by atoms with Gasteiger partial charge in [-0.05, 0) is 55.9 Å². The number of nitrogens with zero attached hydrogens (tertiary/aromatic N) is 3. The lowest BCUT2D eigenvalue weighted by molar-refractivity contribution is 0.145. The highest BCUT2D eigenvalue weighted by Crippen LogP contribution is 2.39. The van der Waals surface area contributed by atoms with Crippen molar-refractivity contribution in [3.05, 3.63) is 77.7 Å². The van der Waals surface area contributed by atoms with Crippen molar-refractivity contribution < 1.29 is 27.0 Å². The number of hydrogen-bond donors (Lipinski definition) is 1. The van der Waals surface area contributed by atoms with Gasteiger partial charge in [0.2, 0.25) is 0 Å². The summed E-state index contributed by atoms with van der Waals surface area (Å²) in [5.74, 6) is 1.06. The molecule has 1 aliphatic rings. The lowest BCUT2D eigenvalue weighted by atomic mass is 10.1. The summed E-state index contributed by atoms with van der Waals surface area (Å²) in [7, 11) is -0.431. The van der Waals surface area contributed by atoms with Crippen LogP contribution in [0.2, 0.25) is 5.02 Å². The van der Waals surface area contributed by atoms with E-state index in [9.17, 15) is 12.8 Å². The van der Waals surface area contributed by atoms with Gasteiger partial charge < -0.3 is 24.0 Å². The van der Waals surface area contributed by atoms with Gasteiger partial charge in [0.25, 0.3) is 10.0 Å². The number of pyridine rings is 1. The molecule has 0 saturated carbocycles. The third kappa shape index (κ3) is 7.04. The number of fused-ring (bicyclic) bond motifs is 1. The molecule has 1 aromatic heterocycles. The van der Waals surface area contributed by atoms with Crippen LogP contribution < -0.4 is 18.9 Å². The van der Waals surface area contributed by atoms with Crippen molar-refractivity contribution in [2.75, 3.05) is 58.2 Å². The average molecular weight is 615 g/mol. The Morgan fingerprint density at radius 3 is 2.50 bits per heavy atom. The number of anilines is 1. The number of nitrogens with one attached hydrogen (secondary N) is 1. The highest BCUT2D eigenvalue weighted by molar-refractivity contribution is 7.92. The van der Waals surface area contributed by atoms with Crippen LogP contribution in [-0.2, 0) is 10.0 Å². The summed E-state index contributed by atoms with van der Waals surface area (Å²) in [6.07, 6.45) is 2.51. The van der Waals surface area contributed by atoms with Crippen LogP contribution >= 0.6 is 11.6 Å². The minimum Gasteiger partial charge on any atom is -0.493 e. The first-order chi connectivity index (χ1) is 20.2. The summed E-state index contributed by atoms with van der Waals surface area (Å²) < 4.78 is 59.5. The van der Waals surface area contributed by atoms with Crippen LogP contribution in [0.5, 0.6) is 23.0 Å².